The van der Waals surface area contributed by atoms with Crippen LogP contribution in [0.3, 0.4) is 0 Å². The van der Waals surface area contributed by atoms with E-state index >= 15 is 0 Å². The third kappa shape index (κ3) is 8.06. The molecule has 0 aliphatic carbocycles. The average molecular weight is 679 g/mol. The summed E-state index contributed by atoms with van der Waals surface area (Å²) in [5.74, 6) is -0.567. The van der Waals surface area contributed by atoms with Crippen molar-refractivity contribution in [3.8, 4) is 5.75 Å². The Morgan fingerprint density at radius 3 is 2.14 bits per heavy atom. The first-order valence-corrected chi connectivity index (χ1v) is 16.4. The van der Waals surface area contributed by atoms with Crippen LogP contribution in [-0.2, 0) is 32.6 Å². The maximum absolute atomic E-state index is 14.5. The molecule has 0 radical (unpaired) electrons. The SMILES string of the molecule is CCNC(=O)C(Cc1ccccc1)N(Cc1ccc(Br)cc1)C(=O)CN(c1cc(C)ccc1OC)S(=O)(=O)c1ccccc1. The number of nitrogens with one attached hydrogen (secondary N) is 1. The van der Waals surface area contributed by atoms with Gasteiger partial charge in [0.25, 0.3) is 10.0 Å². The van der Waals surface area contributed by atoms with Gasteiger partial charge in [0, 0.05) is 24.0 Å². The normalized spacial score (nSPS) is 11.8. The summed E-state index contributed by atoms with van der Waals surface area (Å²) in [5, 5.41) is 2.87. The quantitative estimate of drug-likeness (QED) is 0.195. The Labute approximate surface area is 267 Å². The maximum Gasteiger partial charge on any atom is 0.264 e. The summed E-state index contributed by atoms with van der Waals surface area (Å²) >= 11 is 3.45. The lowest BCUT2D eigenvalue weighted by atomic mass is 10.0. The summed E-state index contributed by atoms with van der Waals surface area (Å²) < 4.78 is 35.9. The molecule has 0 aliphatic heterocycles. The highest BCUT2D eigenvalue weighted by molar-refractivity contribution is 9.10. The van der Waals surface area contributed by atoms with Crippen molar-refractivity contribution in [1.82, 2.24) is 10.2 Å². The zero-order valence-electron chi connectivity index (χ0n) is 24.9. The van der Waals surface area contributed by atoms with Crippen LogP contribution >= 0.6 is 15.9 Å². The van der Waals surface area contributed by atoms with Gasteiger partial charge in [-0.05, 0) is 66.9 Å². The number of aryl methyl sites for hydroxylation is 1. The first kappa shape index (κ1) is 32.8. The van der Waals surface area contributed by atoms with E-state index < -0.39 is 28.5 Å². The first-order chi connectivity index (χ1) is 21.1. The smallest absolute Gasteiger partial charge is 0.264 e. The van der Waals surface area contributed by atoms with Crippen LogP contribution in [0.25, 0.3) is 0 Å². The van der Waals surface area contributed by atoms with Gasteiger partial charge >= 0.3 is 0 Å². The number of benzene rings is 4. The van der Waals surface area contributed by atoms with Gasteiger partial charge in [-0.1, -0.05) is 82.7 Å². The largest absolute Gasteiger partial charge is 0.495 e. The number of likely N-dealkylation sites (N-methyl/N-ethyl adjacent to an activating group) is 1. The third-order valence-corrected chi connectivity index (χ3v) is 9.40. The third-order valence-electron chi connectivity index (χ3n) is 7.10. The molecule has 1 unspecified atom stereocenters. The van der Waals surface area contributed by atoms with E-state index in [0.29, 0.717) is 12.3 Å². The van der Waals surface area contributed by atoms with Crippen LogP contribution in [0.2, 0.25) is 0 Å². The number of anilines is 1. The maximum atomic E-state index is 14.5. The van der Waals surface area contributed by atoms with Crippen molar-refractivity contribution >= 4 is 43.5 Å². The minimum Gasteiger partial charge on any atom is -0.495 e. The molecule has 2 amide bonds. The van der Waals surface area contributed by atoms with Crippen molar-refractivity contribution in [1.29, 1.82) is 0 Å². The van der Waals surface area contributed by atoms with Crippen molar-refractivity contribution in [2.24, 2.45) is 0 Å². The number of carbonyl (C=O) groups is 2. The Morgan fingerprint density at radius 1 is 0.886 bits per heavy atom. The van der Waals surface area contributed by atoms with Crippen LogP contribution in [0.15, 0.2) is 112 Å². The lowest BCUT2D eigenvalue weighted by Gasteiger charge is -2.34. The lowest BCUT2D eigenvalue weighted by Crippen LogP contribution is -2.53. The lowest BCUT2D eigenvalue weighted by molar-refractivity contribution is -0.140. The summed E-state index contributed by atoms with van der Waals surface area (Å²) in [6, 6.07) is 29.1. The van der Waals surface area contributed by atoms with Gasteiger partial charge in [-0.2, -0.15) is 0 Å². The number of amides is 2. The number of rotatable bonds is 13. The second kappa shape index (κ2) is 15.0. The fraction of sp³-hybridized carbons (Fsp3) is 0.235. The molecule has 0 saturated heterocycles. The average Bonchev–Trinajstić information content (AvgIpc) is 3.03. The molecular formula is C34H36BrN3O5S. The van der Waals surface area contributed by atoms with E-state index in [1.807, 2.05) is 74.5 Å². The van der Waals surface area contributed by atoms with Crippen LogP contribution in [0.5, 0.6) is 5.75 Å². The Balaban J connectivity index is 1.83. The van der Waals surface area contributed by atoms with Gasteiger partial charge in [-0.25, -0.2) is 8.42 Å². The molecule has 8 nitrogen and oxygen atoms in total. The van der Waals surface area contributed by atoms with Crippen LogP contribution in [0.1, 0.15) is 23.6 Å². The number of halogens is 1. The zero-order chi connectivity index (χ0) is 31.7. The van der Waals surface area contributed by atoms with Crippen molar-refractivity contribution in [2.75, 3.05) is 24.5 Å². The first-order valence-electron chi connectivity index (χ1n) is 14.2. The van der Waals surface area contributed by atoms with Gasteiger partial charge in [-0.3, -0.25) is 13.9 Å². The van der Waals surface area contributed by atoms with Gasteiger partial charge < -0.3 is 15.0 Å². The summed E-state index contributed by atoms with van der Waals surface area (Å²) in [7, 11) is -2.77. The number of sulfonamides is 1. The number of hydrogen-bond acceptors (Lipinski definition) is 5. The molecule has 4 rings (SSSR count). The monoisotopic (exact) mass is 677 g/mol. The second-order valence-electron chi connectivity index (χ2n) is 10.2. The van der Waals surface area contributed by atoms with Crippen molar-refractivity contribution in [2.45, 2.75) is 37.8 Å². The molecule has 1 atom stereocenters. The van der Waals surface area contributed by atoms with Gasteiger partial charge in [-0.15, -0.1) is 0 Å². The Hall–Kier alpha value is -4.15. The van der Waals surface area contributed by atoms with E-state index in [9.17, 15) is 18.0 Å². The van der Waals surface area contributed by atoms with Crippen molar-refractivity contribution in [3.05, 3.63) is 124 Å². The van der Waals surface area contributed by atoms with Crippen LogP contribution in [0, 0.1) is 6.92 Å². The van der Waals surface area contributed by atoms with Gasteiger partial charge in [0.2, 0.25) is 11.8 Å². The number of ether oxygens (including phenoxy) is 1. The predicted octanol–water partition coefficient (Wildman–Crippen LogP) is 5.74. The molecule has 0 aliphatic rings. The molecule has 0 fully saturated rings. The van der Waals surface area contributed by atoms with E-state index in [-0.39, 0.29) is 29.5 Å². The second-order valence-corrected chi connectivity index (χ2v) is 13.0. The highest BCUT2D eigenvalue weighted by Crippen LogP contribution is 2.34. The van der Waals surface area contributed by atoms with Crippen molar-refractivity contribution < 1.29 is 22.7 Å². The van der Waals surface area contributed by atoms with E-state index in [0.717, 1.165) is 25.5 Å². The number of carbonyl (C=O) groups excluding carboxylic acids is 2. The Kier molecular flexibility index (Phi) is 11.2. The molecule has 44 heavy (non-hydrogen) atoms. The number of methoxy groups -OCH3 is 1. The van der Waals surface area contributed by atoms with Gasteiger partial charge in [0.1, 0.15) is 18.3 Å². The Bertz CT molecular complexity index is 1670. The Morgan fingerprint density at radius 2 is 1.52 bits per heavy atom. The fourth-order valence-corrected chi connectivity index (χ4v) is 6.56. The van der Waals surface area contributed by atoms with Crippen LogP contribution in [0.4, 0.5) is 5.69 Å². The van der Waals surface area contributed by atoms with Crippen LogP contribution in [-0.4, -0.2) is 51.4 Å². The molecule has 0 bridgehead atoms. The molecule has 0 aromatic heterocycles. The highest BCUT2D eigenvalue weighted by atomic mass is 79.9. The molecule has 0 saturated carbocycles. The van der Waals surface area contributed by atoms with E-state index in [2.05, 4.69) is 21.2 Å². The fourth-order valence-electron chi connectivity index (χ4n) is 4.86. The summed E-state index contributed by atoms with van der Waals surface area (Å²) in [4.78, 5) is 29.6. The number of nitrogens with zero attached hydrogens (tertiary/aromatic N) is 2. The minimum absolute atomic E-state index is 0.0281. The molecule has 10 heteroatoms. The van der Waals surface area contributed by atoms with E-state index in [1.54, 1.807) is 30.3 Å². The molecule has 0 heterocycles. The van der Waals surface area contributed by atoms with Gasteiger partial charge in [0.05, 0.1) is 17.7 Å². The summed E-state index contributed by atoms with van der Waals surface area (Å²) in [5.41, 5.74) is 2.67. The van der Waals surface area contributed by atoms with Gasteiger partial charge in [0.15, 0.2) is 0 Å². The molecule has 4 aromatic carbocycles. The number of hydrogen-bond donors (Lipinski definition) is 1. The molecule has 230 valence electrons. The van der Waals surface area contributed by atoms with Crippen LogP contribution < -0.4 is 14.4 Å². The molecular weight excluding hydrogens is 642 g/mol. The van der Waals surface area contributed by atoms with E-state index in [4.69, 9.17) is 4.74 Å². The highest BCUT2D eigenvalue weighted by Gasteiger charge is 2.35. The summed E-state index contributed by atoms with van der Waals surface area (Å²) in [6.07, 6.45) is 0.244. The topological polar surface area (TPSA) is 96.0 Å². The predicted molar refractivity (Wildman–Crippen MR) is 176 cm³/mol. The summed E-state index contributed by atoms with van der Waals surface area (Å²) in [6.45, 7) is 3.56. The molecule has 0 spiro atoms. The van der Waals surface area contributed by atoms with E-state index in [1.165, 1.54) is 24.1 Å². The van der Waals surface area contributed by atoms with Crippen molar-refractivity contribution in [3.63, 3.8) is 0 Å². The minimum atomic E-state index is -4.23. The molecule has 4 aromatic rings. The molecule has 1 N–H and O–H groups in total. The zero-order valence-corrected chi connectivity index (χ0v) is 27.3. The standard InChI is InChI=1S/C34H36BrN3O5S/c1-4-36-34(40)31(22-26-11-7-5-8-12-26)37(23-27-16-18-28(35)19-17-27)33(39)24-38(30-21-25(2)15-20-32(30)43-3)44(41,42)29-13-9-6-10-14-29/h5-21,31H,4,22-24H2,1-3H3,(H,36,40).